The Morgan fingerprint density at radius 3 is 2.23 bits per heavy atom. The minimum absolute atomic E-state index is 0.235. The third-order valence-electron chi connectivity index (χ3n) is 4.44. The number of benzene rings is 2. The standard InChI is InChI=1S/C21H21N5O4/c1-26(16-11-7-5-9-14(16)21(28)30-3)19-17(22)18(23-12-24-19)25-15-10-6-4-8-13(15)20(27)29-2/h4-12H,22H2,1-3H3,(H,23,24,25). The molecule has 0 spiro atoms. The molecule has 154 valence electrons. The van der Waals surface area contributed by atoms with Crippen LogP contribution < -0.4 is 16.0 Å². The number of carbonyl (C=O) groups is 2. The number of nitrogens with two attached hydrogens (primary N) is 1. The molecule has 0 aliphatic heterocycles. The molecule has 0 unspecified atom stereocenters. The summed E-state index contributed by atoms with van der Waals surface area (Å²) in [6.07, 6.45) is 1.34. The first-order valence-corrected chi connectivity index (χ1v) is 8.93. The van der Waals surface area contributed by atoms with E-state index in [-0.39, 0.29) is 5.69 Å². The lowest BCUT2D eigenvalue weighted by molar-refractivity contribution is 0.0592. The maximum Gasteiger partial charge on any atom is 0.339 e. The number of ether oxygens (including phenoxy) is 2. The fraction of sp³-hybridized carbons (Fsp3) is 0.143. The average Bonchev–Trinajstić information content (AvgIpc) is 2.79. The summed E-state index contributed by atoms with van der Waals surface area (Å²) >= 11 is 0. The Hall–Kier alpha value is -4.14. The summed E-state index contributed by atoms with van der Waals surface area (Å²) < 4.78 is 9.67. The van der Waals surface area contributed by atoms with Gasteiger partial charge in [-0.05, 0) is 24.3 Å². The van der Waals surface area contributed by atoms with Gasteiger partial charge in [-0.2, -0.15) is 0 Å². The molecule has 0 amide bonds. The number of rotatable bonds is 6. The SMILES string of the molecule is COC(=O)c1ccccc1Nc1ncnc(N(C)c2ccccc2C(=O)OC)c1N. The van der Waals surface area contributed by atoms with Crippen molar-refractivity contribution >= 4 is 40.6 Å². The van der Waals surface area contributed by atoms with Crippen LogP contribution in [0.2, 0.25) is 0 Å². The second-order valence-corrected chi connectivity index (χ2v) is 6.19. The zero-order valence-electron chi connectivity index (χ0n) is 16.7. The number of hydrogen-bond acceptors (Lipinski definition) is 9. The Labute approximate surface area is 173 Å². The van der Waals surface area contributed by atoms with Gasteiger partial charge in [0, 0.05) is 7.05 Å². The van der Waals surface area contributed by atoms with Crippen molar-refractivity contribution in [2.24, 2.45) is 0 Å². The normalized spacial score (nSPS) is 10.2. The largest absolute Gasteiger partial charge is 0.465 e. The summed E-state index contributed by atoms with van der Waals surface area (Å²) in [6.45, 7) is 0. The number of nitrogens with zero attached hydrogens (tertiary/aromatic N) is 3. The smallest absolute Gasteiger partial charge is 0.339 e. The Morgan fingerprint density at radius 1 is 0.933 bits per heavy atom. The fourth-order valence-electron chi connectivity index (χ4n) is 2.92. The van der Waals surface area contributed by atoms with Crippen LogP contribution in [0.5, 0.6) is 0 Å². The van der Waals surface area contributed by atoms with E-state index in [9.17, 15) is 9.59 Å². The van der Waals surface area contributed by atoms with Gasteiger partial charge >= 0.3 is 11.9 Å². The molecule has 1 heterocycles. The molecule has 9 heteroatoms. The van der Waals surface area contributed by atoms with Crippen molar-refractivity contribution in [2.45, 2.75) is 0 Å². The van der Waals surface area contributed by atoms with E-state index in [1.165, 1.54) is 20.5 Å². The first-order chi connectivity index (χ1) is 14.5. The van der Waals surface area contributed by atoms with E-state index < -0.39 is 11.9 Å². The van der Waals surface area contributed by atoms with Crippen molar-refractivity contribution in [2.75, 3.05) is 37.2 Å². The van der Waals surface area contributed by atoms with Crippen molar-refractivity contribution in [1.29, 1.82) is 0 Å². The van der Waals surface area contributed by atoms with Crippen molar-refractivity contribution in [1.82, 2.24) is 9.97 Å². The highest BCUT2D eigenvalue weighted by Crippen LogP contribution is 2.34. The number of nitrogens with one attached hydrogen (secondary N) is 1. The quantitative estimate of drug-likeness (QED) is 0.594. The van der Waals surface area contributed by atoms with Crippen LogP contribution in [0.3, 0.4) is 0 Å². The summed E-state index contributed by atoms with van der Waals surface area (Å²) in [5, 5.41) is 3.06. The van der Waals surface area contributed by atoms with Crippen LogP contribution in [0.4, 0.5) is 28.7 Å². The summed E-state index contributed by atoms with van der Waals surface area (Å²) in [5.41, 5.74) is 8.31. The van der Waals surface area contributed by atoms with Gasteiger partial charge in [0.05, 0.1) is 36.7 Å². The second-order valence-electron chi connectivity index (χ2n) is 6.19. The van der Waals surface area contributed by atoms with Gasteiger partial charge < -0.3 is 25.4 Å². The zero-order chi connectivity index (χ0) is 21.7. The van der Waals surface area contributed by atoms with Gasteiger partial charge in [0.15, 0.2) is 11.6 Å². The number of esters is 2. The highest BCUT2D eigenvalue weighted by atomic mass is 16.5. The summed E-state index contributed by atoms with van der Waals surface area (Å²) in [4.78, 5) is 34.3. The molecule has 1 aromatic heterocycles. The van der Waals surface area contributed by atoms with Gasteiger partial charge in [-0.3, -0.25) is 0 Å². The first-order valence-electron chi connectivity index (χ1n) is 8.93. The number of anilines is 5. The molecule has 0 aliphatic rings. The molecule has 3 rings (SSSR count). The van der Waals surface area contributed by atoms with E-state index in [2.05, 4.69) is 15.3 Å². The number of aromatic nitrogens is 2. The van der Waals surface area contributed by atoms with E-state index in [4.69, 9.17) is 15.2 Å². The lowest BCUT2D eigenvalue weighted by Gasteiger charge is -2.23. The zero-order valence-corrected chi connectivity index (χ0v) is 16.7. The van der Waals surface area contributed by atoms with Gasteiger partial charge in [0.2, 0.25) is 0 Å². The van der Waals surface area contributed by atoms with Gasteiger partial charge in [-0.1, -0.05) is 24.3 Å². The second kappa shape index (κ2) is 8.91. The van der Waals surface area contributed by atoms with Gasteiger partial charge in [0.1, 0.15) is 12.0 Å². The molecule has 0 aliphatic carbocycles. The lowest BCUT2D eigenvalue weighted by Crippen LogP contribution is -2.18. The molecule has 0 bridgehead atoms. The summed E-state index contributed by atoms with van der Waals surface area (Å²) in [5.74, 6) is -0.288. The van der Waals surface area contributed by atoms with E-state index in [0.717, 1.165) is 0 Å². The Balaban J connectivity index is 2.00. The fourth-order valence-corrected chi connectivity index (χ4v) is 2.92. The van der Waals surface area contributed by atoms with Crippen LogP contribution in [0.1, 0.15) is 20.7 Å². The topological polar surface area (TPSA) is 120 Å². The maximum atomic E-state index is 12.1. The number of hydrogen-bond donors (Lipinski definition) is 2. The minimum Gasteiger partial charge on any atom is -0.465 e. The molecule has 0 saturated heterocycles. The van der Waals surface area contributed by atoms with Crippen LogP contribution in [0.25, 0.3) is 0 Å². The average molecular weight is 407 g/mol. The van der Waals surface area contributed by atoms with Crippen LogP contribution in [-0.2, 0) is 9.47 Å². The Bertz CT molecular complexity index is 1090. The molecule has 0 fully saturated rings. The predicted molar refractivity (Wildman–Crippen MR) is 113 cm³/mol. The van der Waals surface area contributed by atoms with Crippen LogP contribution in [0, 0.1) is 0 Å². The first kappa shape index (κ1) is 20.6. The lowest BCUT2D eigenvalue weighted by atomic mass is 10.1. The molecular weight excluding hydrogens is 386 g/mol. The number of para-hydroxylation sites is 2. The van der Waals surface area contributed by atoms with Gasteiger partial charge in [0.25, 0.3) is 0 Å². The predicted octanol–water partition coefficient (Wildman–Crippen LogP) is 3.14. The van der Waals surface area contributed by atoms with Crippen molar-refractivity contribution in [3.05, 3.63) is 66.0 Å². The number of methoxy groups -OCH3 is 2. The van der Waals surface area contributed by atoms with Crippen LogP contribution >= 0.6 is 0 Å². The number of nitrogen functional groups attached to an aromatic ring is 1. The van der Waals surface area contributed by atoms with Crippen LogP contribution in [0.15, 0.2) is 54.9 Å². The molecule has 9 nitrogen and oxygen atoms in total. The molecular formula is C21H21N5O4. The van der Waals surface area contributed by atoms with E-state index in [1.54, 1.807) is 60.5 Å². The Kier molecular flexibility index (Phi) is 6.11. The Morgan fingerprint density at radius 2 is 1.53 bits per heavy atom. The molecule has 0 atom stereocenters. The monoisotopic (exact) mass is 407 g/mol. The third kappa shape index (κ3) is 4.00. The third-order valence-corrected chi connectivity index (χ3v) is 4.44. The molecule has 30 heavy (non-hydrogen) atoms. The van der Waals surface area contributed by atoms with Crippen LogP contribution in [-0.4, -0.2) is 43.2 Å². The van der Waals surface area contributed by atoms with Gasteiger partial charge in [-0.15, -0.1) is 0 Å². The van der Waals surface area contributed by atoms with E-state index >= 15 is 0 Å². The number of carbonyl (C=O) groups excluding carboxylic acids is 2. The highest BCUT2D eigenvalue weighted by Gasteiger charge is 2.20. The van der Waals surface area contributed by atoms with E-state index in [1.807, 2.05) is 0 Å². The highest BCUT2D eigenvalue weighted by molar-refractivity contribution is 5.98. The molecule has 0 saturated carbocycles. The maximum absolute atomic E-state index is 12.1. The molecule has 0 radical (unpaired) electrons. The molecule has 2 aromatic carbocycles. The van der Waals surface area contributed by atoms with Crippen molar-refractivity contribution in [3.8, 4) is 0 Å². The molecule has 3 aromatic rings. The summed E-state index contributed by atoms with van der Waals surface area (Å²) in [6, 6.07) is 13.8. The minimum atomic E-state index is -0.491. The van der Waals surface area contributed by atoms with Crippen molar-refractivity contribution < 1.29 is 19.1 Å². The molecule has 3 N–H and O–H groups in total. The van der Waals surface area contributed by atoms with E-state index in [0.29, 0.717) is 34.1 Å². The summed E-state index contributed by atoms with van der Waals surface area (Å²) in [7, 11) is 4.36. The van der Waals surface area contributed by atoms with Gasteiger partial charge in [-0.25, -0.2) is 19.6 Å². The van der Waals surface area contributed by atoms with Crippen molar-refractivity contribution in [3.63, 3.8) is 0 Å².